The van der Waals surface area contributed by atoms with Crippen molar-refractivity contribution in [3.8, 4) is 0 Å². The number of nitrogens with one attached hydrogen (secondary N) is 1. The molecule has 0 atom stereocenters. The molecule has 0 aliphatic heterocycles. The number of pyridine rings is 1. The summed E-state index contributed by atoms with van der Waals surface area (Å²) < 4.78 is 18.1. The van der Waals surface area contributed by atoms with Crippen molar-refractivity contribution in [2.24, 2.45) is 0 Å². The monoisotopic (exact) mass is 288 g/mol. The first kappa shape index (κ1) is 14.6. The third-order valence-electron chi connectivity index (χ3n) is 2.92. The Kier molecular flexibility index (Phi) is 4.27. The fraction of sp³-hybridized carbons (Fsp3) is 0.133. The normalized spacial score (nSPS) is 10.0. The Labute approximate surface area is 120 Å². The van der Waals surface area contributed by atoms with Crippen LogP contribution in [0.2, 0.25) is 0 Å². The van der Waals surface area contributed by atoms with Gasteiger partial charge in [0.1, 0.15) is 0 Å². The van der Waals surface area contributed by atoms with Crippen LogP contribution in [0.4, 0.5) is 10.1 Å². The first-order valence-electron chi connectivity index (χ1n) is 6.12. The van der Waals surface area contributed by atoms with E-state index in [-0.39, 0.29) is 5.56 Å². The van der Waals surface area contributed by atoms with Gasteiger partial charge in [0.15, 0.2) is 5.82 Å². The molecule has 0 aliphatic carbocycles. The molecule has 0 spiro atoms. The molecule has 0 radical (unpaired) electrons. The van der Waals surface area contributed by atoms with E-state index in [1.165, 1.54) is 25.4 Å². The fourth-order valence-electron chi connectivity index (χ4n) is 1.79. The van der Waals surface area contributed by atoms with Gasteiger partial charge < -0.3 is 10.1 Å². The topological polar surface area (TPSA) is 68.3 Å². The molecule has 0 unspecified atom stereocenters. The summed E-state index contributed by atoms with van der Waals surface area (Å²) in [6.45, 7) is 1.75. The van der Waals surface area contributed by atoms with Gasteiger partial charge in [0.05, 0.1) is 24.4 Å². The van der Waals surface area contributed by atoms with E-state index in [4.69, 9.17) is 0 Å². The summed E-state index contributed by atoms with van der Waals surface area (Å²) in [6.07, 6.45) is 2.29. The van der Waals surface area contributed by atoms with Gasteiger partial charge in [-0.15, -0.1) is 0 Å². The molecule has 108 valence electrons. The summed E-state index contributed by atoms with van der Waals surface area (Å²) >= 11 is 0. The summed E-state index contributed by atoms with van der Waals surface area (Å²) in [5, 5.41) is 2.53. The van der Waals surface area contributed by atoms with Crippen LogP contribution in [0.1, 0.15) is 26.3 Å². The standard InChI is InChI=1S/C15H13FN2O3/c1-9-3-4-10(7-12(9)15(20)21-2)18-14(19)11-5-6-17-8-13(11)16/h3-8H,1-2H3,(H,18,19). The predicted octanol–water partition coefficient (Wildman–Crippen LogP) is 2.57. The van der Waals surface area contributed by atoms with Gasteiger partial charge in [-0.25, -0.2) is 9.18 Å². The Morgan fingerprint density at radius 1 is 1.24 bits per heavy atom. The van der Waals surface area contributed by atoms with Crippen LogP contribution in [0, 0.1) is 12.7 Å². The van der Waals surface area contributed by atoms with E-state index in [1.807, 2.05) is 0 Å². The van der Waals surface area contributed by atoms with Gasteiger partial charge in [0, 0.05) is 11.9 Å². The van der Waals surface area contributed by atoms with Gasteiger partial charge in [0.25, 0.3) is 5.91 Å². The van der Waals surface area contributed by atoms with Gasteiger partial charge in [-0.05, 0) is 30.7 Å². The first-order valence-corrected chi connectivity index (χ1v) is 6.12. The maximum absolute atomic E-state index is 13.5. The van der Waals surface area contributed by atoms with Gasteiger partial charge in [-0.3, -0.25) is 9.78 Å². The zero-order valence-corrected chi connectivity index (χ0v) is 11.5. The van der Waals surface area contributed by atoms with Gasteiger partial charge in [-0.2, -0.15) is 0 Å². The lowest BCUT2D eigenvalue weighted by atomic mass is 10.1. The number of nitrogens with zero attached hydrogens (tertiary/aromatic N) is 1. The average molecular weight is 288 g/mol. The molecule has 0 saturated heterocycles. The quantitative estimate of drug-likeness (QED) is 0.881. The molecule has 0 saturated carbocycles. The Morgan fingerprint density at radius 3 is 2.67 bits per heavy atom. The molecule has 1 N–H and O–H groups in total. The van der Waals surface area contributed by atoms with E-state index < -0.39 is 17.7 Å². The highest BCUT2D eigenvalue weighted by Gasteiger charge is 2.14. The lowest BCUT2D eigenvalue weighted by Crippen LogP contribution is -2.14. The van der Waals surface area contributed by atoms with Crippen LogP contribution >= 0.6 is 0 Å². The molecule has 1 aromatic heterocycles. The molecular weight excluding hydrogens is 275 g/mol. The van der Waals surface area contributed by atoms with Crippen LogP contribution in [0.25, 0.3) is 0 Å². The van der Waals surface area contributed by atoms with E-state index >= 15 is 0 Å². The predicted molar refractivity (Wildman–Crippen MR) is 74.7 cm³/mol. The van der Waals surface area contributed by atoms with Crippen LogP contribution in [0.5, 0.6) is 0 Å². The van der Waals surface area contributed by atoms with Crippen LogP contribution in [0.3, 0.4) is 0 Å². The summed E-state index contributed by atoms with van der Waals surface area (Å²) in [4.78, 5) is 27.1. The minimum Gasteiger partial charge on any atom is -0.465 e. The van der Waals surface area contributed by atoms with Crippen molar-refractivity contribution in [2.45, 2.75) is 6.92 Å². The van der Waals surface area contributed by atoms with Gasteiger partial charge in [-0.1, -0.05) is 6.07 Å². The van der Waals surface area contributed by atoms with E-state index in [9.17, 15) is 14.0 Å². The number of anilines is 1. The minimum atomic E-state index is -0.713. The average Bonchev–Trinajstić information content (AvgIpc) is 2.48. The largest absolute Gasteiger partial charge is 0.465 e. The number of carbonyl (C=O) groups excluding carboxylic acids is 2. The lowest BCUT2D eigenvalue weighted by molar-refractivity contribution is 0.0599. The Hall–Kier alpha value is -2.76. The summed E-state index contributed by atoms with van der Waals surface area (Å²) in [5.41, 5.74) is 1.31. The van der Waals surface area contributed by atoms with Crippen LogP contribution < -0.4 is 5.32 Å². The molecular formula is C15H13FN2O3. The molecule has 0 fully saturated rings. The molecule has 6 heteroatoms. The molecule has 2 aromatic rings. The lowest BCUT2D eigenvalue weighted by Gasteiger charge is -2.09. The zero-order valence-electron chi connectivity index (χ0n) is 11.5. The molecule has 5 nitrogen and oxygen atoms in total. The second-order valence-corrected chi connectivity index (χ2v) is 4.33. The van der Waals surface area contributed by atoms with E-state index in [2.05, 4.69) is 15.0 Å². The Bertz CT molecular complexity index is 701. The van der Waals surface area contributed by atoms with Gasteiger partial charge in [0.2, 0.25) is 0 Å². The number of hydrogen-bond donors (Lipinski definition) is 1. The molecule has 1 amide bonds. The maximum Gasteiger partial charge on any atom is 0.338 e. The maximum atomic E-state index is 13.5. The number of methoxy groups -OCH3 is 1. The number of halogens is 1. The van der Waals surface area contributed by atoms with Crippen molar-refractivity contribution in [1.29, 1.82) is 0 Å². The number of amides is 1. The molecule has 1 aromatic carbocycles. The Morgan fingerprint density at radius 2 is 2.00 bits per heavy atom. The van der Waals surface area contributed by atoms with Crippen molar-refractivity contribution in [3.63, 3.8) is 0 Å². The molecule has 1 heterocycles. The zero-order chi connectivity index (χ0) is 15.4. The first-order chi connectivity index (χ1) is 10.0. The highest BCUT2D eigenvalue weighted by atomic mass is 19.1. The number of aromatic nitrogens is 1. The number of aryl methyl sites for hydroxylation is 1. The molecule has 2 rings (SSSR count). The fourth-order valence-corrected chi connectivity index (χ4v) is 1.79. The van der Waals surface area contributed by atoms with Crippen LogP contribution in [-0.2, 0) is 4.74 Å². The number of carbonyl (C=O) groups is 2. The van der Waals surface area contributed by atoms with Crippen molar-refractivity contribution in [2.75, 3.05) is 12.4 Å². The van der Waals surface area contributed by atoms with E-state index in [1.54, 1.807) is 19.1 Å². The third kappa shape index (κ3) is 3.22. The van der Waals surface area contributed by atoms with Crippen LogP contribution in [0.15, 0.2) is 36.7 Å². The Balaban J connectivity index is 2.26. The number of benzene rings is 1. The van der Waals surface area contributed by atoms with Crippen molar-refractivity contribution in [3.05, 3.63) is 59.2 Å². The number of ether oxygens (including phenoxy) is 1. The summed E-state index contributed by atoms with van der Waals surface area (Å²) in [5.74, 6) is -1.83. The second-order valence-electron chi connectivity index (χ2n) is 4.33. The minimum absolute atomic E-state index is 0.120. The molecule has 0 aliphatic rings. The van der Waals surface area contributed by atoms with Gasteiger partial charge >= 0.3 is 5.97 Å². The number of esters is 1. The van der Waals surface area contributed by atoms with E-state index in [0.29, 0.717) is 11.3 Å². The number of hydrogen-bond acceptors (Lipinski definition) is 4. The SMILES string of the molecule is COC(=O)c1cc(NC(=O)c2ccncc2F)ccc1C. The van der Waals surface area contributed by atoms with E-state index in [0.717, 1.165) is 11.8 Å². The summed E-state index contributed by atoms with van der Waals surface area (Å²) in [6, 6.07) is 6.06. The summed E-state index contributed by atoms with van der Waals surface area (Å²) in [7, 11) is 1.28. The van der Waals surface area contributed by atoms with Crippen molar-refractivity contribution >= 4 is 17.6 Å². The molecule has 0 bridgehead atoms. The second kappa shape index (κ2) is 6.13. The third-order valence-corrected chi connectivity index (χ3v) is 2.92. The highest BCUT2D eigenvalue weighted by molar-refractivity contribution is 6.05. The van der Waals surface area contributed by atoms with Crippen molar-refractivity contribution < 1.29 is 18.7 Å². The number of rotatable bonds is 3. The smallest absolute Gasteiger partial charge is 0.338 e. The van der Waals surface area contributed by atoms with Crippen molar-refractivity contribution in [1.82, 2.24) is 4.98 Å². The molecule has 21 heavy (non-hydrogen) atoms. The van der Waals surface area contributed by atoms with Crippen LogP contribution in [-0.4, -0.2) is 24.0 Å². The highest BCUT2D eigenvalue weighted by Crippen LogP contribution is 2.17.